The van der Waals surface area contributed by atoms with Crippen LogP contribution in [0.2, 0.25) is 0 Å². The zero-order valence-corrected chi connectivity index (χ0v) is 16.2. The molecule has 6 nitrogen and oxygen atoms in total. The fraction of sp³-hybridized carbons (Fsp3) is 0.333. The largest absolute Gasteiger partial charge is 0.497 e. The molecule has 0 spiro atoms. The van der Waals surface area contributed by atoms with Gasteiger partial charge in [-0.15, -0.1) is 11.3 Å². The predicted octanol–water partition coefficient (Wildman–Crippen LogP) is 2.48. The fourth-order valence-electron chi connectivity index (χ4n) is 2.76. The third kappa shape index (κ3) is 4.31. The van der Waals surface area contributed by atoms with Gasteiger partial charge in [-0.25, -0.2) is 13.4 Å². The van der Waals surface area contributed by atoms with Gasteiger partial charge < -0.3 is 9.64 Å². The number of ether oxygens (including phenoxy) is 1. The lowest BCUT2D eigenvalue weighted by Crippen LogP contribution is -2.36. The van der Waals surface area contributed by atoms with E-state index in [-0.39, 0.29) is 23.5 Å². The van der Waals surface area contributed by atoms with Crippen LogP contribution in [0.15, 0.2) is 35.7 Å². The van der Waals surface area contributed by atoms with E-state index in [9.17, 15) is 13.2 Å². The topological polar surface area (TPSA) is 76.6 Å². The number of thiazole rings is 1. The molecule has 0 bridgehead atoms. The highest BCUT2D eigenvalue weighted by Gasteiger charge is 2.32. The Morgan fingerprint density at radius 3 is 2.69 bits per heavy atom. The van der Waals surface area contributed by atoms with E-state index < -0.39 is 9.84 Å². The number of likely N-dealkylation sites (N-methyl/N-ethyl adjacent to an activating group) is 1. The normalized spacial score (nSPS) is 18.9. The van der Waals surface area contributed by atoms with Crippen molar-refractivity contribution in [2.75, 3.05) is 25.7 Å². The van der Waals surface area contributed by atoms with E-state index in [1.165, 1.54) is 22.3 Å². The van der Waals surface area contributed by atoms with Crippen LogP contribution in [0.1, 0.15) is 12.1 Å². The number of methoxy groups -OCH3 is 1. The molecule has 1 fully saturated rings. The van der Waals surface area contributed by atoms with Crippen LogP contribution in [-0.2, 0) is 14.6 Å². The maximum atomic E-state index is 12.3. The Kier molecular flexibility index (Phi) is 5.43. The molecule has 1 amide bonds. The van der Waals surface area contributed by atoms with Crippen molar-refractivity contribution >= 4 is 33.2 Å². The molecular formula is C18H20N2O4S2. The van der Waals surface area contributed by atoms with Crippen LogP contribution >= 0.6 is 11.3 Å². The van der Waals surface area contributed by atoms with Crippen molar-refractivity contribution in [3.05, 3.63) is 41.4 Å². The Morgan fingerprint density at radius 1 is 1.35 bits per heavy atom. The van der Waals surface area contributed by atoms with E-state index >= 15 is 0 Å². The SMILES string of the molecule is COc1ccc(-c2nc(C=CC(=O)N(C)C3CCS(=O)(=O)C3)cs2)cc1. The Balaban J connectivity index is 1.65. The zero-order valence-electron chi connectivity index (χ0n) is 14.6. The Hall–Kier alpha value is -2.19. The molecule has 138 valence electrons. The standard InChI is InChI=1S/C18H20N2O4S2/c1-20(15-9-10-26(22,23)12-15)17(21)8-5-14-11-25-18(19-14)13-3-6-16(24-2)7-4-13/h3-8,11,15H,9-10,12H2,1-2H3. The van der Waals surface area contributed by atoms with E-state index in [1.807, 2.05) is 29.6 Å². The quantitative estimate of drug-likeness (QED) is 0.731. The van der Waals surface area contributed by atoms with Gasteiger partial charge in [0.25, 0.3) is 0 Å². The van der Waals surface area contributed by atoms with Crippen LogP contribution in [-0.4, -0.2) is 55.9 Å². The molecular weight excluding hydrogens is 372 g/mol. The molecule has 2 heterocycles. The summed E-state index contributed by atoms with van der Waals surface area (Å²) in [5, 5.41) is 2.73. The van der Waals surface area contributed by atoms with Crippen molar-refractivity contribution < 1.29 is 17.9 Å². The number of nitrogens with zero attached hydrogens (tertiary/aromatic N) is 2. The van der Waals surface area contributed by atoms with Gasteiger partial charge >= 0.3 is 0 Å². The lowest BCUT2D eigenvalue weighted by atomic mass is 10.2. The third-order valence-corrected chi connectivity index (χ3v) is 7.02. The first-order valence-corrected chi connectivity index (χ1v) is 10.8. The van der Waals surface area contributed by atoms with Gasteiger partial charge in [0, 0.05) is 30.1 Å². The summed E-state index contributed by atoms with van der Waals surface area (Å²) in [6, 6.07) is 7.37. The molecule has 1 aliphatic rings. The number of rotatable bonds is 5. The molecule has 26 heavy (non-hydrogen) atoms. The Bertz CT molecular complexity index is 917. The summed E-state index contributed by atoms with van der Waals surface area (Å²) in [7, 11) is 0.251. The molecule has 2 aromatic rings. The minimum absolute atomic E-state index is 0.0431. The van der Waals surface area contributed by atoms with E-state index in [0.717, 1.165) is 16.3 Å². The number of carbonyl (C=O) groups is 1. The highest BCUT2D eigenvalue weighted by molar-refractivity contribution is 7.91. The molecule has 0 radical (unpaired) electrons. The van der Waals surface area contributed by atoms with Crippen molar-refractivity contribution in [3.63, 3.8) is 0 Å². The molecule has 1 unspecified atom stereocenters. The summed E-state index contributed by atoms with van der Waals surface area (Å²) in [6.07, 6.45) is 3.60. The van der Waals surface area contributed by atoms with Crippen LogP contribution in [0.5, 0.6) is 5.75 Å². The van der Waals surface area contributed by atoms with Crippen molar-refractivity contribution in [1.82, 2.24) is 9.88 Å². The van der Waals surface area contributed by atoms with Gasteiger partial charge in [-0.2, -0.15) is 0 Å². The van der Waals surface area contributed by atoms with Crippen molar-refractivity contribution in [2.24, 2.45) is 0 Å². The Morgan fingerprint density at radius 2 is 2.08 bits per heavy atom. The van der Waals surface area contributed by atoms with Crippen LogP contribution in [0, 0.1) is 0 Å². The van der Waals surface area contributed by atoms with E-state index in [0.29, 0.717) is 12.1 Å². The molecule has 0 aliphatic carbocycles. The average Bonchev–Trinajstić information content (AvgIpc) is 3.25. The molecule has 3 rings (SSSR count). The maximum Gasteiger partial charge on any atom is 0.246 e. The van der Waals surface area contributed by atoms with Crippen LogP contribution in [0.3, 0.4) is 0 Å². The number of aromatic nitrogens is 1. The van der Waals surface area contributed by atoms with Crippen molar-refractivity contribution in [3.8, 4) is 16.3 Å². The first-order valence-electron chi connectivity index (χ1n) is 8.13. The molecule has 1 aromatic heterocycles. The lowest BCUT2D eigenvalue weighted by molar-refractivity contribution is -0.126. The van der Waals surface area contributed by atoms with E-state index in [2.05, 4.69) is 4.98 Å². The highest BCUT2D eigenvalue weighted by atomic mass is 32.2. The van der Waals surface area contributed by atoms with E-state index in [1.54, 1.807) is 20.2 Å². The number of hydrogen-bond acceptors (Lipinski definition) is 6. The lowest BCUT2D eigenvalue weighted by Gasteiger charge is -2.21. The summed E-state index contributed by atoms with van der Waals surface area (Å²) >= 11 is 1.49. The smallest absolute Gasteiger partial charge is 0.246 e. The minimum Gasteiger partial charge on any atom is -0.497 e. The maximum absolute atomic E-state index is 12.3. The second kappa shape index (κ2) is 7.59. The van der Waals surface area contributed by atoms with Crippen LogP contribution in [0.4, 0.5) is 0 Å². The number of hydrogen-bond donors (Lipinski definition) is 0. The minimum atomic E-state index is -3.01. The summed E-state index contributed by atoms with van der Waals surface area (Å²) in [5.74, 6) is 0.761. The third-order valence-electron chi connectivity index (χ3n) is 4.36. The van der Waals surface area contributed by atoms with Gasteiger partial charge in [0.2, 0.25) is 5.91 Å². The molecule has 8 heteroatoms. The second-order valence-corrected chi connectivity index (χ2v) is 9.23. The molecule has 1 saturated heterocycles. The van der Waals surface area contributed by atoms with Gasteiger partial charge in [-0.05, 0) is 36.8 Å². The molecule has 1 aliphatic heterocycles. The first kappa shape index (κ1) is 18.6. The van der Waals surface area contributed by atoms with Gasteiger partial charge in [0.05, 0.1) is 24.3 Å². The number of carbonyl (C=O) groups excluding carboxylic acids is 1. The molecule has 1 aromatic carbocycles. The van der Waals surface area contributed by atoms with Gasteiger partial charge in [-0.1, -0.05) is 0 Å². The first-order chi connectivity index (χ1) is 12.4. The monoisotopic (exact) mass is 392 g/mol. The molecule has 0 N–H and O–H groups in total. The Labute approximate surface area is 157 Å². The van der Waals surface area contributed by atoms with Gasteiger partial charge in [0.1, 0.15) is 10.8 Å². The fourth-order valence-corrected chi connectivity index (χ4v) is 5.33. The van der Waals surface area contributed by atoms with Gasteiger partial charge in [0.15, 0.2) is 9.84 Å². The van der Waals surface area contributed by atoms with E-state index in [4.69, 9.17) is 4.74 Å². The predicted molar refractivity (Wildman–Crippen MR) is 103 cm³/mol. The summed E-state index contributed by atoms with van der Waals surface area (Å²) in [4.78, 5) is 18.3. The second-order valence-electron chi connectivity index (χ2n) is 6.15. The molecule has 0 saturated carbocycles. The number of amides is 1. The highest BCUT2D eigenvalue weighted by Crippen LogP contribution is 2.26. The van der Waals surface area contributed by atoms with Crippen molar-refractivity contribution in [1.29, 1.82) is 0 Å². The number of sulfone groups is 1. The summed E-state index contributed by atoms with van der Waals surface area (Å²) in [6.45, 7) is 0. The number of benzene rings is 1. The average molecular weight is 393 g/mol. The van der Waals surface area contributed by atoms with Crippen molar-refractivity contribution in [2.45, 2.75) is 12.5 Å². The summed E-state index contributed by atoms with van der Waals surface area (Å²) in [5.41, 5.74) is 1.68. The van der Waals surface area contributed by atoms with Crippen LogP contribution < -0.4 is 4.74 Å². The van der Waals surface area contributed by atoms with Crippen LogP contribution in [0.25, 0.3) is 16.6 Å². The zero-order chi connectivity index (χ0) is 18.7. The van der Waals surface area contributed by atoms with Gasteiger partial charge in [-0.3, -0.25) is 4.79 Å². The molecule has 1 atom stereocenters. The summed E-state index contributed by atoms with van der Waals surface area (Å²) < 4.78 is 28.3.